The van der Waals surface area contributed by atoms with Gasteiger partial charge < -0.3 is 0 Å². The Morgan fingerprint density at radius 2 is 0.812 bits per heavy atom. The lowest BCUT2D eigenvalue weighted by Gasteiger charge is -2.11. The van der Waals surface area contributed by atoms with Crippen molar-refractivity contribution in [2.75, 3.05) is 0 Å². The third-order valence-corrected chi connectivity index (χ3v) is 6.38. The number of halogens is 2. The number of hydrogen-bond donors (Lipinski definition) is 0. The largest absolute Gasteiger partial charge is 0.248 e. The molecule has 0 radical (unpaired) electrons. The number of nitrogens with zero attached hydrogens (tertiary/aromatic N) is 1. The first kappa shape index (κ1) is 20.9. The summed E-state index contributed by atoms with van der Waals surface area (Å²) < 4.78 is 2.08. The molecule has 0 aliphatic carbocycles. The predicted octanol–water partition coefficient (Wildman–Crippen LogP) is 9.27. The summed E-state index contributed by atoms with van der Waals surface area (Å²) in [6.07, 6.45) is 0. The SMILES string of the molecule is Brc1cccc(-c2cc(-c3ccc(-c4ccccc4)cc3)cc(-c3cccc(Br)c3)n2)c1. The maximum absolute atomic E-state index is 5.01. The minimum absolute atomic E-state index is 0.950. The second-order valence-electron chi connectivity index (χ2n) is 7.59. The summed E-state index contributed by atoms with van der Waals surface area (Å²) in [6.45, 7) is 0. The highest BCUT2D eigenvalue weighted by molar-refractivity contribution is 9.10. The predicted molar refractivity (Wildman–Crippen MR) is 141 cm³/mol. The van der Waals surface area contributed by atoms with E-state index < -0.39 is 0 Å². The number of aromatic nitrogens is 1. The van der Waals surface area contributed by atoms with Crippen molar-refractivity contribution in [1.82, 2.24) is 4.98 Å². The lowest BCUT2D eigenvalue weighted by Crippen LogP contribution is -1.91. The number of benzene rings is 4. The molecule has 3 heteroatoms. The zero-order valence-electron chi connectivity index (χ0n) is 17.2. The van der Waals surface area contributed by atoms with Gasteiger partial charge in [-0.3, -0.25) is 0 Å². The van der Waals surface area contributed by atoms with Crippen molar-refractivity contribution < 1.29 is 0 Å². The van der Waals surface area contributed by atoms with Gasteiger partial charge in [0.1, 0.15) is 0 Å². The Labute approximate surface area is 205 Å². The van der Waals surface area contributed by atoms with Gasteiger partial charge in [0.25, 0.3) is 0 Å². The van der Waals surface area contributed by atoms with Crippen LogP contribution in [0.2, 0.25) is 0 Å². The highest BCUT2D eigenvalue weighted by Gasteiger charge is 2.10. The van der Waals surface area contributed by atoms with Crippen LogP contribution in [0.5, 0.6) is 0 Å². The van der Waals surface area contributed by atoms with Crippen molar-refractivity contribution in [2.45, 2.75) is 0 Å². The number of rotatable bonds is 4. The molecule has 0 saturated carbocycles. The minimum atomic E-state index is 0.950. The molecule has 0 atom stereocenters. The van der Waals surface area contributed by atoms with Crippen LogP contribution in [0.1, 0.15) is 0 Å². The first-order valence-electron chi connectivity index (χ1n) is 10.4. The molecule has 5 rings (SSSR count). The lowest BCUT2D eigenvalue weighted by molar-refractivity contribution is 1.32. The first-order valence-corrected chi connectivity index (χ1v) is 11.9. The zero-order chi connectivity index (χ0) is 21.9. The number of hydrogen-bond acceptors (Lipinski definition) is 1. The first-order chi connectivity index (χ1) is 15.7. The molecule has 0 aliphatic rings. The van der Waals surface area contributed by atoms with Crippen molar-refractivity contribution in [3.63, 3.8) is 0 Å². The maximum Gasteiger partial charge on any atom is 0.0716 e. The third-order valence-electron chi connectivity index (χ3n) is 5.39. The fourth-order valence-electron chi connectivity index (χ4n) is 3.77. The van der Waals surface area contributed by atoms with E-state index in [9.17, 15) is 0 Å². The number of pyridine rings is 1. The Kier molecular flexibility index (Phi) is 6.02. The zero-order valence-corrected chi connectivity index (χ0v) is 20.3. The van der Waals surface area contributed by atoms with Crippen molar-refractivity contribution in [2.24, 2.45) is 0 Å². The van der Waals surface area contributed by atoms with Gasteiger partial charge in [0.05, 0.1) is 11.4 Å². The molecule has 0 spiro atoms. The van der Waals surface area contributed by atoms with Gasteiger partial charge in [-0.2, -0.15) is 0 Å². The van der Waals surface area contributed by atoms with Crippen LogP contribution in [-0.4, -0.2) is 4.98 Å². The standard InChI is InChI=1S/C29H19Br2N/c30-26-10-4-8-23(16-26)28-18-25(19-29(32-28)24-9-5-11-27(31)17-24)22-14-12-21(13-15-22)20-6-2-1-3-7-20/h1-19H. The van der Waals surface area contributed by atoms with Crippen molar-refractivity contribution >= 4 is 31.9 Å². The van der Waals surface area contributed by atoms with E-state index in [4.69, 9.17) is 4.98 Å². The van der Waals surface area contributed by atoms with E-state index in [1.807, 2.05) is 30.3 Å². The summed E-state index contributed by atoms with van der Waals surface area (Å²) in [7, 11) is 0. The Morgan fingerprint density at radius 1 is 0.375 bits per heavy atom. The van der Waals surface area contributed by atoms with Gasteiger partial charge in [-0.15, -0.1) is 0 Å². The molecule has 1 aromatic heterocycles. The summed E-state index contributed by atoms with van der Waals surface area (Å²) in [5, 5.41) is 0. The van der Waals surface area contributed by atoms with Gasteiger partial charge in [-0.1, -0.05) is 111 Å². The highest BCUT2D eigenvalue weighted by Crippen LogP contribution is 2.33. The van der Waals surface area contributed by atoms with Crippen LogP contribution in [0.3, 0.4) is 0 Å². The smallest absolute Gasteiger partial charge is 0.0716 e. The molecule has 1 heterocycles. The van der Waals surface area contributed by atoms with Crippen LogP contribution in [0.4, 0.5) is 0 Å². The molecule has 5 aromatic rings. The fourth-order valence-corrected chi connectivity index (χ4v) is 4.57. The summed E-state index contributed by atoms with van der Waals surface area (Å²) in [6, 6.07) is 40.1. The summed E-state index contributed by atoms with van der Waals surface area (Å²) in [5.41, 5.74) is 8.80. The second kappa shape index (κ2) is 9.23. The van der Waals surface area contributed by atoms with Crippen LogP contribution in [0.15, 0.2) is 124 Å². The van der Waals surface area contributed by atoms with Gasteiger partial charge >= 0.3 is 0 Å². The topological polar surface area (TPSA) is 12.9 Å². The summed E-state index contributed by atoms with van der Waals surface area (Å²) in [5.74, 6) is 0. The van der Waals surface area contributed by atoms with Gasteiger partial charge in [0.15, 0.2) is 0 Å². The Hall–Kier alpha value is -3.01. The molecule has 1 nitrogen and oxygen atoms in total. The normalized spacial score (nSPS) is 10.8. The molecule has 0 amide bonds. The summed E-state index contributed by atoms with van der Waals surface area (Å²) >= 11 is 7.18. The van der Waals surface area contributed by atoms with Crippen LogP contribution in [-0.2, 0) is 0 Å². The van der Waals surface area contributed by atoms with E-state index in [0.29, 0.717) is 0 Å². The molecular weight excluding hydrogens is 522 g/mol. The van der Waals surface area contributed by atoms with E-state index in [1.165, 1.54) is 16.7 Å². The Bertz CT molecular complexity index is 1310. The average Bonchev–Trinajstić information content (AvgIpc) is 2.84. The maximum atomic E-state index is 5.01. The van der Waals surface area contributed by atoms with Crippen molar-refractivity contribution in [3.8, 4) is 44.8 Å². The second-order valence-corrected chi connectivity index (χ2v) is 9.42. The van der Waals surface area contributed by atoms with Crippen LogP contribution < -0.4 is 0 Å². The van der Waals surface area contributed by atoms with Crippen molar-refractivity contribution in [3.05, 3.63) is 124 Å². The Morgan fingerprint density at radius 3 is 1.31 bits per heavy atom. The Balaban J connectivity index is 1.62. The fraction of sp³-hybridized carbons (Fsp3) is 0. The van der Waals surface area contributed by atoms with Crippen LogP contribution in [0.25, 0.3) is 44.8 Å². The molecular formula is C29H19Br2N. The monoisotopic (exact) mass is 539 g/mol. The molecule has 0 bridgehead atoms. The van der Waals surface area contributed by atoms with E-state index in [1.54, 1.807) is 0 Å². The lowest BCUT2D eigenvalue weighted by atomic mass is 9.97. The van der Waals surface area contributed by atoms with E-state index >= 15 is 0 Å². The quantitative estimate of drug-likeness (QED) is 0.221. The van der Waals surface area contributed by atoms with Gasteiger partial charge in [-0.05, 0) is 58.7 Å². The molecule has 0 saturated heterocycles. The van der Waals surface area contributed by atoms with Crippen LogP contribution >= 0.6 is 31.9 Å². The van der Waals surface area contributed by atoms with Crippen LogP contribution in [0, 0.1) is 0 Å². The van der Waals surface area contributed by atoms with Gasteiger partial charge in [0, 0.05) is 20.1 Å². The third kappa shape index (κ3) is 4.59. The molecule has 0 aliphatic heterocycles. The van der Waals surface area contributed by atoms with E-state index in [2.05, 4.69) is 117 Å². The van der Waals surface area contributed by atoms with Gasteiger partial charge in [0.2, 0.25) is 0 Å². The molecule has 0 unspecified atom stereocenters. The molecule has 0 fully saturated rings. The van der Waals surface area contributed by atoms with Crippen molar-refractivity contribution in [1.29, 1.82) is 0 Å². The molecule has 4 aromatic carbocycles. The minimum Gasteiger partial charge on any atom is -0.248 e. The van der Waals surface area contributed by atoms with E-state index in [0.717, 1.165) is 37.0 Å². The average molecular weight is 541 g/mol. The van der Waals surface area contributed by atoms with E-state index in [-0.39, 0.29) is 0 Å². The van der Waals surface area contributed by atoms with Gasteiger partial charge in [-0.25, -0.2) is 4.98 Å². The molecule has 32 heavy (non-hydrogen) atoms. The highest BCUT2D eigenvalue weighted by atomic mass is 79.9. The molecule has 154 valence electrons. The molecule has 0 N–H and O–H groups in total. The summed E-state index contributed by atoms with van der Waals surface area (Å²) in [4.78, 5) is 5.01.